The molecule has 0 radical (unpaired) electrons. The van der Waals surface area contributed by atoms with Gasteiger partial charge in [-0.1, -0.05) is 26.2 Å². The number of nitrogens with one attached hydrogen (secondary N) is 1. The number of hydrogen-bond donors (Lipinski definition) is 2. The number of aromatic hydroxyl groups is 1. The van der Waals surface area contributed by atoms with Crippen molar-refractivity contribution in [1.82, 2.24) is 5.32 Å². The lowest BCUT2D eigenvalue weighted by Gasteiger charge is -2.23. The quantitative estimate of drug-likeness (QED) is 0.849. The van der Waals surface area contributed by atoms with Gasteiger partial charge in [0.1, 0.15) is 11.3 Å². The lowest BCUT2D eigenvalue weighted by atomic mass is 9.95. The number of benzene rings is 1. The smallest absolute Gasteiger partial charge is 0.336 e. The highest BCUT2D eigenvalue weighted by Crippen LogP contribution is 2.27. The monoisotopic (exact) mass is 301 g/mol. The molecule has 1 heterocycles. The highest BCUT2D eigenvalue weighted by atomic mass is 16.4. The number of aryl methyl sites for hydroxylation is 1. The summed E-state index contributed by atoms with van der Waals surface area (Å²) in [6.45, 7) is 2.67. The second kappa shape index (κ2) is 6.53. The fourth-order valence-corrected chi connectivity index (χ4v) is 3.30. The van der Waals surface area contributed by atoms with E-state index in [-0.39, 0.29) is 11.4 Å². The summed E-state index contributed by atoms with van der Waals surface area (Å²) in [5.41, 5.74) is 1.92. The van der Waals surface area contributed by atoms with E-state index in [1.807, 2.05) is 13.0 Å². The van der Waals surface area contributed by atoms with Crippen molar-refractivity contribution in [1.29, 1.82) is 0 Å². The minimum atomic E-state index is -0.364. The van der Waals surface area contributed by atoms with E-state index < -0.39 is 0 Å². The Bertz CT molecular complexity index is 714. The van der Waals surface area contributed by atoms with Crippen molar-refractivity contribution in [2.45, 2.75) is 58.0 Å². The minimum absolute atomic E-state index is 0.190. The summed E-state index contributed by atoms with van der Waals surface area (Å²) in [6.07, 6.45) is 7.05. The molecule has 0 spiro atoms. The molecule has 1 fully saturated rings. The lowest BCUT2D eigenvalue weighted by molar-refractivity contribution is 0.372. The Labute approximate surface area is 130 Å². The Hall–Kier alpha value is -1.81. The summed E-state index contributed by atoms with van der Waals surface area (Å²) >= 11 is 0. The molecule has 1 aliphatic carbocycles. The summed E-state index contributed by atoms with van der Waals surface area (Å²) in [7, 11) is 0. The molecule has 0 amide bonds. The lowest BCUT2D eigenvalue weighted by Crippen LogP contribution is -2.30. The Morgan fingerprint density at radius 1 is 1.18 bits per heavy atom. The van der Waals surface area contributed by atoms with Crippen molar-refractivity contribution in [3.8, 4) is 5.75 Å². The van der Waals surface area contributed by atoms with E-state index in [0.29, 0.717) is 18.2 Å². The molecule has 2 N–H and O–H groups in total. The second-order valence-corrected chi connectivity index (χ2v) is 6.14. The SMILES string of the molecule is CCc1cc2c(CNC3CCCCC3)cc(=O)oc2cc1O. The van der Waals surface area contributed by atoms with Crippen LogP contribution in [0.15, 0.2) is 27.4 Å². The summed E-state index contributed by atoms with van der Waals surface area (Å²) in [5, 5.41) is 14.4. The van der Waals surface area contributed by atoms with Crippen LogP contribution in [0.4, 0.5) is 0 Å². The molecule has 3 rings (SSSR count). The zero-order valence-corrected chi connectivity index (χ0v) is 13.0. The fraction of sp³-hybridized carbons (Fsp3) is 0.500. The van der Waals surface area contributed by atoms with Crippen LogP contribution in [0.3, 0.4) is 0 Å². The highest BCUT2D eigenvalue weighted by molar-refractivity contribution is 5.82. The van der Waals surface area contributed by atoms with Crippen LogP contribution in [0.25, 0.3) is 11.0 Å². The number of fused-ring (bicyclic) bond motifs is 1. The first-order valence-corrected chi connectivity index (χ1v) is 8.19. The van der Waals surface area contributed by atoms with Crippen LogP contribution in [0.2, 0.25) is 0 Å². The van der Waals surface area contributed by atoms with Crippen LogP contribution in [0.5, 0.6) is 5.75 Å². The predicted octanol–water partition coefficient (Wildman–Crippen LogP) is 3.48. The first kappa shape index (κ1) is 15.1. The molecular weight excluding hydrogens is 278 g/mol. The zero-order chi connectivity index (χ0) is 15.5. The average molecular weight is 301 g/mol. The maximum absolute atomic E-state index is 11.7. The van der Waals surface area contributed by atoms with Gasteiger partial charge in [-0.15, -0.1) is 0 Å². The second-order valence-electron chi connectivity index (χ2n) is 6.14. The molecule has 1 aliphatic rings. The van der Waals surface area contributed by atoms with Crippen LogP contribution < -0.4 is 10.9 Å². The third-order valence-electron chi connectivity index (χ3n) is 4.60. The number of phenolic OH excluding ortho intramolecular Hbond substituents is 1. The summed E-state index contributed by atoms with van der Waals surface area (Å²) < 4.78 is 5.23. The van der Waals surface area contributed by atoms with Gasteiger partial charge in [-0.05, 0) is 36.5 Å². The Balaban J connectivity index is 1.91. The number of rotatable bonds is 4. The summed E-state index contributed by atoms with van der Waals surface area (Å²) in [6, 6.07) is 5.60. The van der Waals surface area contributed by atoms with Crippen molar-refractivity contribution in [2.24, 2.45) is 0 Å². The molecule has 0 unspecified atom stereocenters. The van der Waals surface area contributed by atoms with Gasteiger partial charge < -0.3 is 14.8 Å². The van der Waals surface area contributed by atoms with Gasteiger partial charge in [-0.3, -0.25) is 0 Å². The van der Waals surface area contributed by atoms with Crippen molar-refractivity contribution in [2.75, 3.05) is 0 Å². The molecule has 1 aromatic carbocycles. The van der Waals surface area contributed by atoms with Crippen LogP contribution in [0.1, 0.15) is 50.2 Å². The van der Waals surface area contributed by atoms with Gasteiger partial charge in [0.15, 0.2) is 0 Å². The maximum atomic E-state index is 11.7. The van der Waals surface area contributed by atoms with E-state index in [4.69, 9.17) is 4.42 Å². The van der Waals surface area contributed by atoms with Crippen molar-refractivity contribution in [3.05, 3.63) is 39.7 Å². The van der Waals surface area contributed by atoms with Gasteiger partial charge >= 0.3 is 5.63 Å². The molecule has 4 heteroatoms. The van der Waals surface area contributed by atoms with Gasteiger partial charge in [0.05, 0.1) is 0 Å². The average Bonchev–Trinajstić information content (AvgIpc) is 2.53. The van der Waals surface area contributed by atoms with Gasteiger partial charge in [-0.2, -0.15) is 0 Å². The first-order valence-electron chi connectivity index (χ1n) is 8.19. The normalized spacial score (nSPS) is 16.2. The van der Waals surface area contributed by atoms with Crippen LogP contribution in [-0.2, 0) is 13.0 Å². The van der Waals surface area contributed by atoms with E-state index in [9.17, 15) is 9.90 Å². The van der Waals surface area contributed by atoms with Crippen molar-refractivity contribution in [3.63, 3.8) is 0 Å². The van der Waals surface area contributed by atoms with Gasteiger partial charge in [0.2, 0.25) is 0 Å². The molecule has 1 aromatic heterocycles. The third-order valence-corrected chi connectivity index (χ3v) is 4.60. The molecule has 0 atom stereocenters. The third kappa shape index (κ3) is 3.17. The topological polar surface area (TPSA) is 62.5 Å². The van der Waals surface area contributed by atoms with Crippen molar-refractivity contribution < 1.29 is 9.52 Å². The van der Waals surface area contributed by atoms with Crippen LogP contribution in [0, 0.1) is 0 Å². The van der Waals surface area contributed by atoms with Crippen molar-refractivity contribution >= 4 is 11.0 Å². The first-order chi connectivity index (χ1) is 10.7. The number of hydrogen-bond acceptors (Lipinski definition) is 4. The van der Waals surface area contributed by atoms with E-state index in [2.05, 4.69) is 5.32 Å². The Morgan fingerprint density at radius 3 is 2.68 bits per heavy atom. The summed E-state index contributed by atoms with van der Waals surface area (Å²) in [4.78, 5) is 11.7. The molecule has 4 nitrogen and oxygen atoms in total. The Kier molecular flexibility index (Phi) is 4.48. The maximum Gasteiger partial charge on any atom is 0.336 e. The molecule has 0 saturated heterocycles. The van der Waals surface area contributed by atoms with E-state index in [0.717, 1.165) is 22.9 Å². The molecular formula is C18H23NO3. The van der Waals surface area contributed by atoms with E-state index >= 15 is 0 Å². The molecule has 22 heavy (non-hydrogen) atoms. The molecule has 118 valence electrons. The molecule has 1 saturated carbocycles. The minimum Gasteiger partial charge on any atom is -0.508 e. The zero-order valence-electron chi connectivity index (χ0n) is 13.0. The van der Waals surface area contributed by atoms with Crippen LogP contribution >= 0.6 is 0 Å². The number of phenols is 1. The molecule has 2 aromatic rings. The van der Waals surface area contributed by atoms with Gasteiger partial charge in [-0.25, -0.2) is 4.79 Å². The molecule has 0 aliphatic heterocycles. The van der Waals surface area contributed by atoms with Gasteiger partial charge in [0.25, 0.3) is 0 Å². The standard InChI is InChI=1S/C18H23NO3/c1-2-12-8-15-13(11-19-14-6-4-3-5-7-14)9-18(21)22-17(15)10-16(12)20/h8-10,14,19-20H,2-7,11H2,1H3. The predicted molar refractivity (Wildman–Crippen MR) is 87.2 cm³/mol. The Morgan fingerprint density at radius 2 is 1.95 bits per heavy atom. The highest BCUT2D eigenvalue weighted by Gasteiger charge is 2.14. The largest absolute Gasteiger partial charge is 0.508 e. The van der Waals surface area contributed by atoms with Gasteiger partial charge in [0, 0.05) is 30.1 Å². The fourth-order valence-electron chi connectivity index (χ4n) is 3.30. The summed E-state index contributed by atoms with van der Waals surface area (Å²) in [5.74, 6) is 0.190. The van der Waals surface area contributed by atoms with Crippen LogP contribution in [-0.4, -0.2) is 11.1 Å². The van der Waals surface area contributed by atoms with E-state index in [1.54, 1.807) is 12.1 Å². The van der Waals surface area contributed by atoms with E-state index in [1.165, 1.54) is 32.1 Å². The molecule has 0 bridgehead atoms.